The van der Waals surface area contributed by atoms with Crippen LogP contribution in [0.15, 0.2) is 0 Å². The second-order valence-electron chi connectivity index (χ2n) is 5.52. The number of carbonyl (C=O) groups excluding carboxylic acids is 1. The summed E-state index contributed by atoms with van der Waals surface area (Å²) < 4.78 is 4.95. The van der Waals surface area contributed by atoms with Gasteiger partial charge in [0, 0.05) is 45.9 Å². The van der Waals surface area contributed by atoms with Gasteiger partial charge in [-0.3, -0.25) is 9.69 Å². The number of piperazine rings is 1. The van der Waals surface area contributed by atoms with E-state index >= 15 is 0 Å². The largest absolute Gasteiger partial charge is 0.383 e. The van der Waals surface area contributed by atoms with Gasteiger partial charge in [-0.25, -0.2) is 0 Å². The number of nitrogens with zero attached hydrogens (tertiary/aromatic N) is 2. The fourth-order valence-corrected chi connectivity index (χ4v) is 3.09. The van der Waals surface area contributed by atoms with Crippen molar-refractivity contribution in [2.45, 2.75) is 31.7 Å². The van der Waals surface area contributed by atoms with Crippen LogP contribution in [0, 0.1) is 0 Å². The molecule has 0 atom stereocenters. The molecule has 1 saturated carbocycles. The number of amides is 1. The Morgan fingerprint density at radius 1 is 1.14 bits per heavy atom. The molecule has 0 aromatic carbocycles. The van der Waals surface area contributed by atoms with Gasteiger partial charge in [0.25, 0.3) is 0 Å². The Hall–Kier alpha value is -0.0700. The lowest BCUT2D eigenvalue weighted by Gasteiger charge is -2.38. The van der Waals surface area contributed by atoms with E-state index in [1.165, 1.54) is 25.7 Å². The van der Waals surface area contributed by atoms with Gasteiger partial charge in [0.05, 0.1) is 13.2 Å². The lowest BCUT2D eigenvalue weighted by Crippen LogP contribution is -2.53. The third-order valence-corrected chi connectivity index (χ3v) is 4.27. The van der Waals surface area contributed by atoms with Crippen LogP contribution in [0.1, 0.15) is 25.7 Å². The minimum atomic E-state index is 0. The maximum absolute atomic E-state index is 12.0. The third-order valence-electron chi connectivity index (χ3n) is 4.27. The van der Waals surface area contributed by atoms with Crippen molar-refractivity contribution in [3.05, 3.63) is 0 Å². The molecular formula is C14H29Cl2N3O2. The van der Waals surface area contributed by atoms with Gasteiger partial charge in [-0.05, 0) is 12.8 Å². The van der Waals surface area contributed by atoms with Crippen LogP contribution in [0.4, 0.5) is 0 Å². The van der Waals surface area contributed by atoms with Crippen molar-refractivity contribution in [1.82, 2.24) is 15.1 Å². The molecule has 1 aliphatic carbocycles. The molecule has 2 aliphatic rings. The molecule has 0 bridgehead atoms. The van der Waals surface area contributed by atoms with Crippen LogP contribution >= 0.6 is 24.8 Å². The van der Waals surface area contributed by atoms with Crippen LogP contribution in [0.25, 0.3) is 0 Å². The quantitative estimate of drug-likeness (QED) is 0.736. The smallest absolute Gasteiger partial charge is 0.236 e. The number of rotatable bonds is 6. The molecule has 21 heavy (non-hydrogen) atoms. The SMILES string of the molecule is COCCNCC(=O)N1CCN(C2CCCC2)CC1.Cl.Cl. The molecule has 5 nitrogen and oxygen atoms in total. The van der Waals surface area contributed by atoms with E-state index in [1.54, 1.807) is 7.11 Å². The lowest BCUT2D eigenvalue weighted by atomic mass is 10.2. The van der Waals surface area contributed by atoms with Crippen molar-refractivity contribution in [3.63, 3.8) is 0 Å². The first-order chi connectivity index (χ1) is 9.31. The van der Waals surface area contributed by atoms with Gasteiger partial charge in [0.2, 0.25) is 5.91 Å². The first-order valence-electron chi connectivity index (χ1n) is 7.52. The summed E-state index contributed by atoms with van der Waals surface area (Å²) in [5, 5.41) is 3.12. The summed E-state index contributed by atoms with van der Waals surface area (Å²) >= 11 is 0. The average molecular weight is 342 g/mol. The van der Waals surface area contributed by atoms with E-state index in [-0.39, 0.29) is 30.7 Å². The molecule has 0 spiro atoms. The molecule has 126 valence electrons. The van der Waals surface area contributed by atoms with E-state index < -0.39 is 0 Å². The second-order valence-corrected chi connectivity index (χ2v) is 5.52. The lowest BCUT2D eigenvalue weighted by molar-refractivity contribution is -0.132. The van der Waals surface area contributed by atoms with Crippen molar-refractivity contribution in [2.24, 2.45) is 0 Å². The Morgan fingerprint density at radius 2 is 1.76 bits per heavy atom. The Kier molecular flexibility index (Phi) is 11.5. The molecule has 0 radical (unpaired) electrons. The summed E-state index contributed by atoms with van der Waals surface area (Å²) in [5.41, 5.74) is 0. The summed E-state index contributed by atoms with van der Waals surface area (Å²) in [6.07, 6.45) is 5.47. The molecule has 7 heteroatoms. The first kappa shape index (κ1) is 20.9. The molecule has 0 aromatic rings. The highest BCUT2D eigenvalue weighted by Crippen LogP contribution is 2.24. The Labute approximate surface area is 140 Å². The molecule has 1 saturated heterocycles. The molecule has 1 N–H and O–H groups in total. The predicted octanol–water partition coefficient (Wildman–Crippen LogP) is 1.15. The fraction of sp³-hybridized carbons (Fsp3) is 0.929. The van der Waals surface area contributed by atoms with Gasteiger partial charge in [-0.1, -0.05) is 12.8 Å². The number of halogens is 2. The molecule has 1 heterocycles. The molecule has 2 rings (SSSR count). The number of ether oxygens (including phenoxy) is 1. The van der Waals surface area contributed by atoms with Crippen molar-refractivity contribution in [3.8, 4) is 0 Å². The maximum Gasteiger partial charge on any atom is 0.236 e. The Balaban J connectivity index is 0.00000200. The summed E-state index contributed by atoms with van der Waals surface area (Å²) in [5.74, 6) is 0.224. The second kappa shape index (κ2) is 11.5. The number of nitrogens with one attached hydrogen (secondary N) is 1. The van der Waals surface area contributed by atoms with Crippen LogP contribution in [0.3, 0.4) is 0 Å². The van der Waals surface area contributed by atoms with Crippen molar-refractivity contribution in [1.29, 1.82) is 0 Å². The average Bonchev–Trinajstić information content (AvgIpc) is 2.98. The molecular weight excluding hydrogens is 313 g/mol. The Bertz CT molecular complexity index is 281. The van der Waals surface area contributed by atoms with Crippen LogP contribution in [-0.2, 0) is 9.53 Å². The van der Waals surface area contributed by atoms with Crippen molar-refractivity contribution >= 4 is 30.7 Å². The fourth-order valence-electron chi connectivity index (χ4n) is 3.09. The van der Waals surface area contributed by atoms with Gasteiger partial charge in [0.15, 0.2) is 0 Å². The summed E-state index contributed by atoms with van der Waals surface area (Å²) in [6, 6.07) is 0.789. The van der Waals surface area contributed by atoms with Crippen LogP contribution in [-0.4, -0.2) is 74.7 Å². The van der Waals surface area contributed by atoms with E-state index in [0.29, 0.717) is 13.2 Å². The molecule has 1 aliphatic heterocycles. The van der Waals surface area contributed by atoms with E-state index in [1.807, 2.05) is 4.90 Å². The minimum absolute atomic E-state index is 0. The monoisotopic (exact) mass is 341 g/mol. The van der Waals surface area contributed by atoms with E-state index in [0.717, 1.165) is 38.8 Å². The zero-order chi connectivity index (χ0) is 13.5. The number of hydrogen-bond acceptors (Lipinski definition) is 4. The zero-order valence-electron chi connectivity index (χ0n) is 12.9. The van der Waals surface area contributed by atoms with Gasteiger partial charge in [0.1, 0.15) is 0 Å². The van der Waals surface area contributed by atoms with Crippen molar-refractivity contribution < 1.29 is 9.53 Å². The van der Waals surface area contributed by atoms with Gasteiger partial charge in [-0.2, -0.15) is 0 Å². The minimum Gasteiger partial charge on any atom is -0.383 e. The van der Waals surface area contributed by atoms with Crippen molar-refractivity contribution in [2.75, 3.05) is 53.0 Å². The van der Waals surface area contributed by atoms with Gasteiger partial charge >= 0.3 is 0 Å². The van der Waals surface area contributed by atoms with E-state index in [4.69, 9.17) is 4.74 Å². The summed E-state index contributed by atoms with van der Waals surface area (Å²) in [6.45, 7) is 5.71. The highest BCUT2D eigenvalue weighted by atomic mass is 35.5. The molecule has 2 fully saturated rings. The topological polar surface area (TPSA) is 44.8 Å². The highest BCUT2D eigenvalue weighted by Gasteiger charge is 2.27. The third kappa shape index (κ3) is 6.70. The summed E-state index contributed by atoms with van der Waals surface area (Å²) in [4.78, 5) is 16.6. The number of hydrogen-bond donors (Lipinski definition) is 1. The molecule has 1 amide bonds. The first-order valence-corrected chi connectivity index (χ1v) is 7.52. The summed E-state index contributed by atoms with van der Waals surface area (Å²) in [7, 11) is 1.67. The van der Waals surface area contributed by atoms with E-state index in [2.05, 4.69) is 10.2 Å². The van der Waals surface area contributed by atoms with Gasteiger partial charge in [-0.15, -0.1) is 24.8 Å². The normalized spacial score (nSPS) is 20.0. The predicted molar refractivity (Wildman–Crippen MR) is 89.7 cm³/mol. The molecule has 0 unspecified atom stereocenters. The highest BCUT2D eigenvalue weighted by molar-refractivity contribution is 5.85. The van der Waals surface area contributed by atoms with Gasteiger partial charge < -0.3 is 15.0 Å². The molecule has 0 aromatic heterocycles. The van der Waals surface area contributed by atoms with E-state index in [9.17, 15) is 4.79 Å². The zero-order valence-corrected chi connectivity index (χ0v) is 14.5. The maximum atomic E-state index is 12.0. The Morgan fingerprint density at radius 3 is 2.33 bits per heavy atom. The van der Waals surface area contributed by atoms with Crippen LogP contribution < -0.4 is 5.32 Å². The van der Waals surface area contributed by atoms with Crippen LogP contribution in [0.2, 0.25) is 0 Å². The number of methoxy groups -OCH3 is 1. The number of carbonyl (C=O) groups is 1. The van der Waals surface area contributed by atoms with Crippen LogP contribution in [0.5, 0.6) is 0 Å². The standard InChI is InChI=1S/C14H27N3O2.2ClH/c1-19-11-6-15-12-14(18)17-9-7-16(8-10-17)13-4-2-3-5-13;;/h13,15H,2-12H2,1H3;2*1H.